The van der Waals surface area contributed by atoms with Crippen molar-refractivity contribution < 1.29 is 0 Å². The topological polar surface area (TPSA) is 0 Å². The van der Waals surface area contributed by atoms with Crippen LogP contribution in [0.5, 0.6) is 0 Å². The van der Waals surface area contributed by atoms with Crippen LogP contribution < -0.4 is 0 Å². The van der Waals surface area contributed by atoms with Gasteiger partial charge in [-0.3, -0.25) is 0 Å². The third-order valence-electron chi connectivity index (χ3n) is 2.91. The van der Waals surface area contributed by atoms with Gasteiger partial charge in [-0.25, -0.2) is 0 Å². The summed E-state index contributed by atoms with van der Waals surface area (Å²) >= 11 is 0. The summed E-state index contributed by atoms with van der Waals surface area (Å²) in [4.78, 5) is 0. The van der Waals surface area contributed by atoms with E-state index in [9.17, 15) is 0 Å². The Morgan fingerprint density at radius 1 is 0.923 bits per heavy atom. The molecule has 1 aliphatic carbocycles. The van der Waals surface area contributed by atoms with Gasteiger partial charge in [0.25, 0.3) is 0 Å². The van der Waals surface area contributed by atoms with E-state index in [1.165, 1.54) is 50.5 Å². The van der Waals surface area contributed by atoms with Gasteiger partial charge in [0, 0.05) is 0 Å². The van der Waals surface area contributed by atoms with E-state index >= 15 is 0 Å². The summed E-state index contributed by atoms with van der Waals surface area (Å²) in [7, 11) is 0. The van der Waals surface area contributed by atoms with Crippen LogP contribution >= 0.6 is 0 Å². The van der Waals surface area contributed by atoms with Gasteiger partial charge in [0.15, 0.2) is 0 Å². The fourth-order valence-electron chi connectivity index (χ4n) is 2.12. The molecule has 0 atom stereocenters. The second-order valence-corrected chi connectivity index (χ2v) is 3.94. The average molecular weight is 173 g/mol. The molecule has 1 radical (unpaired) electrons. The molecule has 0 heteroatoms. The molecule has 2 rings (SSSR count). The molecule has 0 N–H and O–H groups in total. The number of hydrogen-bond acceptors (Lipinski definition) is 0. The van der Waals surface area contributed by atoms with Crippen LogP contribution in [0.3, 0.4) is 0 Å². The highest BCUT2D eigenvalue weighted by atomic mass is 14.1. The van der Waals surface area contributed by atoms with Gasteiger partial charge in [0.05, 0.1) is 0 Å². The predicted octanol–water partition coefficient (Wildman–Crippen LogP) is 3.54. The molecule has 1 aromatic rings. The third-order valence-corrected chi connectivity index (χ3v) is 2.91. The molecule has 0 aromatic heterocycles. The SMILES string of the molecule is [c]1cccc2c1CCCCCCC2. The predicted molar refractivity (Wildman–Crippen MR) is 55.8 cm³/mol. The zero-order valence-corrected chi connectivity index (χ0v) is 8.18. The minimum Gasteiger partial charge on any atom is -0.0614 e. The molecule has 0 nitrogen and oxygen atoms in total. The van der Waals surface area contributed by atoms with Gasteiger partial charge in [0.2, 0.25) is 0 Å². The molecule has 0 saturated carbocycles. The summed E-state index contributed by atoms with van der Waals surface area (Å²) in [5, 5.41) is 0. The summed E-state index contributed by atoms with van der Waals surface area (Å²) in [6.45, 7) is 0. The van der Waals surface area contributed by atoms with E-state index in [1.54, 1.807) is 5.56 Å². The number of benzene rings is 1. The van der Waals surface area contributed by atoms with Gasteiger partial charge < -0.3 is 0 Å². The van der Waals surface area contributed by atoms with Crippen LogP contribution in [-0.4, -0.2) is 0 Å². The van der Waals surface area contributed by atoms with E-state index in [4.69, 9.17) is 0 Å². The first-order valence-corrected chi connectivity index (χ1v) is 5.45. The molecule has 0 aliphatic heterocycles. The fourth-order valence-corrected chi connectivity index (χ4v) is 2.12. The van der Waals surface area contributed by atoms with Crippen LogP contribution in [-0.2, 0) is 12.8 Å². The van der Waals surface area contributed by atoms with E-state index in [0.717, 1.165) is 0 Å². The van der Waals surface area contributed by atoms with Crippen molar-refractivity contribution in [1.29, 1.82) is 0 Å². The monoisotopic (exact) mass is 173 g/mol. The molecule has 0 amide bonds. The number of rotatable bonds is 0. The Morgan fingerprint density at radius 2 is 1.69 bits per heavy atom. The lowest BCUT2D eigenvalue weighted by Crippen LogP contribution is -1.92. The molecule has 1 aromatic carbocycles. The Hall–Kier alpha value is -0.780. The Labute approximate surface area is 81.0 Å². The van der Waals surface area contributed by atoms with Gasteiger partial charge in [-0.05, 0) is 42.9 Å². The molecule has 13 heavy (non-hydrogen) atoms. The number of hydrogen-bond donors (Lipinski definition) is 0. The van der Waals surface area contributed by atoms with Gasteiger partial charge in [-0.1, -0.05) is 37.5 Å². The molecule has 0 unspecified atom stereocenters. The minimum atomic E-state index is 1.25. The molecule has 0 bridgehead atoms. The largest absolute Gasteiger partial charge is 0.0614 e. The highest BCUT2D eigenvalue weighted by Crippen LogP contribution is 2.18. The van der Waals surface area contributed by atoms with Crippen molar-refractivity contribution in [2.24, 2.45) is 0 Å². The van der Waals surface area contributed by atoms with E-state index in [-0.39, 0.29) is 0 Å². The maximum Gasteiger partial charge on any atom is -0.0146 e. The van der Waals surface area contributed by atoms with Crippen molar-refractivity contribution in [1.82, 2.24) is 0 Å². The van der Waals surface area contributed by atoms with E-state index < -0.39 is 0 Å². The first-order valence-electron chi connectivity index (χ1n) is 5.45. The van der Waals surface area contributed by atoms with Crippen molar-refractivity contribution in [3.8, 4) is 0 Å². The molecular formula is C13H17. The second-order valence-electron chi connectivity index (χ2n) is 3.94. The van der Waals surface area contributed by atoms with Crippen molar-refractivity contribution in [2.75, 3.05) is 0 Å². The summed E-state index contributed by atoms with van der Waals surface area (Å²) in [5.74, 6) is 0. The Bertz CT molecular complexity index is 235. The van der Waals surface area contributed by atoms with E-state index in [2.05, 4.69) is 24.3 Å². The number of aryl methyl sites for hydroxylation is 2. The minimum absolute atomic E-state index is 1.25. The lowest BCUT2D eigenvalue weighted by atomic mass is 10.00. The Balaban J connectivity index is 2.17. The average Bonchev–Trinajstić information content (AvgIpc) is 2.28. The lowest BCUT2D eigenvalue weighted by Gasteiger charge is -2.05. The Kier molecular flexibility index (Phi) is 3.02. The molecule has 0 fully saturated rings. The van der Waals surface area contributed by atoms with Gasteiger partial charge in [0.1, 0.15) is 0 Å². The molecule has 1 aliphatic rings. The Morgan fingerprint density at radius 3 is 2.62 bits per heavy atom. The van der Waals surface area contributed by atoms with Crippen LogP contribution in [0.2, 0.25) is 0 Å². The highest BCUT2D eigenvalue weighted by Gasteiger charge is 2.04. The third kappa shape index (κ3) is 2.33. The zero-order chi connectivity index (χ0) is 8.93. The van der Waals surface area contributed by atoms with E-state index in [0.29, 0.717) is 0 Å². The fraction of sp³-hybridized carbons (Fsp3) is 0.538. The van der Waals surface area contributed by atoms with Gasteiger partial charge >= 0.3 is 0 Å². The molecule has 0 spiro atoms. The maximum absolute atomic E-state index is 3.38. The lowest BCUT2D eigenvalue weighted by molar-refractivity contribution is 0.629. The standard InChI is InChI=1S/C13H17/c1-2-4-8-12-10-6-7-11-13(12)9-5-3-1/h6-7,10H,1-5,8-9H2. The van der Waals surface area contributed by atoms with Crippen LogP contribution in [0, 0.1) is 6.07 Å². The highest BCUT2D eigenvalue weighted by molar-refractivity contribution is 5.26. The van der Waals surface area contributed by atoms with E-state index in [1.807, 2.05) is 0 Å². The first-order chi connectivity index (χ1) is 6.47. The maximum atomic E-state index is 3.38. The van der Waals surface area contributed by atoms with Crippen LogP contribution in [0.25, 0.3) is 0 Å². The molecule has 0 saturated heterocycles. The van der Waals surface area contributed by atoms with Crippen molar-refractivity contribution in [2.45, 2.75) is 44.9 Å². The molecular weight excluding hydrogens is 156 g/mol. The van der Waals surface area contributed by atoms with Crippen molar-refractivity contribution >= 4 is 0 Å². The normalized spacial score (nSPS) is 18.2. The summed E-state index contributed by atoms with van der Waals surface area (Å²) in [6.07, 6.45) is 9.48. The quantitative estimate of drug-likeness (QED) is 0.563. The smallest absolute Gasteiger partial charge is 0.0146 e. The molecule has 69 valence electrons. The zero-order valence-electron chi connectivity index (χ0n) is 8.18. The van der Waals surface area contributed by atoms with Crippen LogP contribution in [0.4, 0.5) is 0 Å². The van der Waals surface area contributed by atoms with Crippen molar-refractivity contribution in [3.05, 3.63) is 35.4 Å². The van der Waals surface area contributed by atoms with Gasteiger partial charge in [-0.2, -0.15) is 0 Å². The summed E-state index contributed by atoms with van der Waals surface area (Å²) in [5.41, 5.74) is 3.02. The summed E-state index contributed by atoms with van der Waals surface area (Å²) in [6, 6.07) is 9.83. The molecule has 0 heterocycles. The first kappa shape index (κ1) is 8.80. The van der Waals surface area contributed by atoms with Crippen LogP contribution in [0.1, 0.15) is 43.2 Å². The summed E-state index contributed by atoms with van der Waals surface area (Å²) < 4.78 is 0. The second kappa shape index (κ2) is 4.45. The van der Waals surface area contributed by atoms with Crippen LogP contribution in [0.15, 0.2) is 18.2 Å². The van der Waals surface area contributed by atoms with Crippen molar-refractivity contribution in [3.63, 3.8) is 0 Å². The van der Waals surface area contributed by atoms with Gasteiger partial charge in [-0.15, -0.1) is 0 Å². The number of fused-ring (bicyclic) bond motifs is 1.